The third kappa shape index (κ3) is 4.58. The van der Waals surface area contributed by atoms with Crippen LogP contribution in [0.15, 0.2) is 30.9 Å². The zero-order valence-corrected chi connectivity index (χ0v) is 16.7. The van der Waals surface area contributed by atoms with E-state index in [0.29, 0.717) is 18.8 Å². The first-order valence-corrected chi connectivity index (χ1v) is 10.4. The highest BCUT2D eigenvalue weighted by Crippen LogP contribution is 2.32. The molecular weight excluding hydrogens is 352 g/mol. The second-order valence-corrected chi connectivity index (χ2v) is 8.22. The first-order chi connectivity index (χ1) is 13.7. The lowest BCUT2D eigenvalue weighted by atomic mass is 9.83. The smallest absolute Gasteiger partial charge is 0.223 e. The number of nitrogens with zero attached hydrogens (tertiary/aromatic N) is 6. The van der Waals surface area contributed by atoms with Crippen LogP contribution in [0, 0.1) is 11.8 Å². The molecule has 2 aliphatic heterocycles. The average Bonchev–Trinajstić information content (AvgIpc) is 3.37. The fourth-order valence-corrected chi connectivity index (χ4v) is 4.64. The van der Waals surface area contributed by atoms with Gasteiger partial charge in [-0.15, -0.1) is 10.2 Å². The Labute approximate surface area is 166 Å². The summed E-state index contributed by atoms with van der Waals surface area (Å²) in [5.41, 5.74) is 1.29. The summed E-state index contributed by atoms with van der Waals surface area (Å²) in [6, 6.07) is 4.16. The standard InChI is InChI=1S/C21H30N6O/c1-25-16-23-24-20(25)4-5-21(28)27-12-8-19(15-27)18-6-10-26(11-7-18)14-17-3-2-9-22-13-17/h2-3,9,13,16,18-19H,4-8,10-12,14-15H2,1H3/t19-/m0/s1. The number of rotatable bonds is 6. The van der Waals surface area contributed by atoms with Crippen LogP contribution >= 0.6 is 0 Å². The zero-order valence-electron chi connectivity index (χ0n) is 16.7. The monoisotopic (exact) mass is 382 g/mol. The summed E-state index contributed by atoms with van der Waals surface area (Å²) >= 11 is 0. The number of hydrogen-bond acceptors (Lipinski definition) is 5. The third-order valence-electron chi connectivity index (χ3n) is 6.37. The van der Waals surface area contributed by atoms with E-state index < -0.39 is 0 Å². The number of piperidine rings is 1. The van der Waals surface area contributed by atoms with E-state index >= 15 is 0 Å². The molecule has 0 unspecified atom stereocenters. The van der Waals surface area contributed by atoms with E-state index in [9.17, 15) is 4.79 Å². The van der Waals surface area contributed by atoms with Crippen LogP contribution < -0.4 is 0 Å². The van der Waals surface area contributed by atoms with Crippen LogP contribution in [0.3, 0.4) is 0 Å². The van der Waals surface area contributed by atoms with Gasteiger partial charge in [0.05, 0.1) is 0 Å². The summed E-state index contributed by atoms with van der Waals surface area (Å²) in [7, 11) is 1.92. The lowest BCUT2D eigenvalue weighted by Crippen LogP contribution is -2.37. The molecule has 28 heavy (non-hydrogen) atoms. The summed E-state index contributed by atoms with van der Waals surface area (Å²) in [6.07, 6.45) is 10.3. The van der Waals surface area contributed by atoms with Crippen molar-refractivity contribution in [2.45, 2.75) is 38.6 Å². The van der Waals surface area contributed by atoms with E-state index in [-0.39, 0.29) is 5.91 Å². The minimum atomic E-state index is 0.263. The molecule has 4 rings (SSSR count). The number of hydrogen-bond donors (Lipinski definition) is 0. The maximum atomic E-state index is 12.6. The average molecular weight is 383 g/mol. The fourth-order valence-electron chi connectivity index (χ4n) is 4.64. The van der Waals surface area contributed by atoms with Crippen molar-refractivity contribution in [2.24, 2.45) is 18.9 Å². The number of aryl methyl sites for hydroxylation is 2. The van der Waals surface area contributed by atoms with Crippen molar-refractivity contribution in [3.05, 3.63) is 42.2 Å². The summed E-state index contributed by atoms with van der Waals surface area (Å²) in [4.78, 5) is 21.4. The highest BCUT2D eigenvalue weighted by molar-refractivity contribution is 5.76. The van der Waals surface area contributed by atoms with Gasteiger partial charge in [0.15, 0.2) is 0 Å². The minimum absolute atomic E-state index is 0.263. The molecule has 2 fully saturated rings. The highest BCUT2D eigenvalue weighted by Gasteiger charge is 2.33. The van der Waals surface area contributed by atoms with Gasteiger partial charge in [-0.25, -0.2) is 0 Å². The first-order valence-electron chi connectivity index (χ1n) is 10.4. The number of carbonyl (C=O) groups excluding carboxylic acids is 1. The molecule has 0 radical (unpaired) electrons. The molecule has 0 aliphatic carbocycles. The van der Waals surface area contributed by atoms with Gasteiger partial charge in [0.2, 0.25) is 5.91 Å². The van der Waals surface area contributed by atoms with E-state index in [1.54, 1.807) is 6.33 Å². The largest absolute Gasteiger partial charge is 0.342 e. The molecule has 0 saturated carbocycles. The van der Waals surface area contributed by atoms with Crippen molar-refractivity contribution in [3.8, 4) is 0 Å². The molecule has 0 bridgehead atoms. The van der Waals surface area contributed by atoms with Crippen molar-refractivity contribution in [2.75, 3.05) is 26.2 Å². The van der Waals surface area contributed by atoms with Crippen molar-refractivity contribution in [1.29, 1.82) is 0 Å². The summed E-state index contributed by atoms with van der Waals surface area (Å²) in [5, 5.41) is 7.96. The van der Waals surface area contributed by atoms with Gasteiger partial charge in [0.1, 0.15) is 12.2 Å². The van der Waals surface area contributed by atoms with E-state index in [1.165, 1.54) is 18.4 Å². The van der Waals surface area contributed by atoms with Crippen molar-refractivity contribution >= 4 is 5.91 Å². The minimum Gasteiger partial charge on any atom is -0.342 e. The lowest BCUT2D eigenvalue weighted by Gasteiger charge is -2.34. The van der Waals surface area contributed by atoms with Crippen LogP contribution in [-0.4, -0.2) is 61.6 Å². The van der Waals surface area contributed by atoms with Crippen molar-refractivity contribution in [3.63, 3.8) is 0 Å². The number of aromatic nitrogens is 4. The molecule has 2 aliphatic rings. The molecule has 7 nitrogen and oxygen atoms in total. The Morgan fingerprint density at radius 3 is 2.71 bits per heavy atom. The van der Waals surface area contributed by atoms with Crippen LogP contribution in [0.5, 0.6) is 0 Å². The molecule has 0 spiro atoms. The molecule has 1 atom stereocenters. The van der Waals surface area contributed by atoms with E-state index in [1.807, 2.05) is 30.1 Å². The Morgan fingerprint density at radius 1 is 1.18 bits per heavy atom. The van der Waals surface area contributed by atoms with Gasteiger partial charge >= 0.3 is 0 Å². The Hall–Kier alpha value is -2.28. The fraction of sp³-hybridized carbons (Fsp3) is 0.619. The van der Waals surface area contributed by atoms with E-state index in [4.69, 9.17) is 0 Å². The molecule has 150 valence electrons. The first kappa shape index (κ1) is 19.1. The SMILES string of the molecule is Cn1cnnc1CCC(=O)N1CC[C@H](C2CCN(Cc3cccnc3)CC2)C1. The van der Waals surface area contributed by atoms with Crippen molar-refractivity contribution in [1.82, 2.24) is 29.5 Å². The Bertz CT molecular complexity index is 768. The molecule has 0 aromatic carbocycles. The van der Waals surface area contributed by atoms with Crippen LogP contribution in [0.1, 0.15) is 37.1 Å². The molecule has 0 N–H and O–H groups in total. The van der Waals surface area contributed by atoms with E-state index in [0.717, 1.165) is 50.9 Å². The normalized spacial score (nSPS) is 21.3. The molecule has 4 heterocycles. The lowest BCUT2D eigenvalue weighted by molar-refractivity contribution is -0.130. The summed E-state index contributed by atoms with van der Waals surface area (Å²) < 4.78 is 1.89. The topological polar surface area (TPSA) is 67.2 Å². The highest BCUT2D eigenvalue weighted by atomic mass is 16.2. The van der Waals surface area contributed by atoms with Gasteiger partial charge in [0.25, 0.3) is 0 Å². The van der Waals surface area contributed by atoms with E-state index in [2.05, 4.69) is 31.0 Å². The van der Waals surface area contributed by atoms with Gasteiger partial charge < -0.3 is 9.47 Å². The van der Waals surface area contributed by atoms with Crippen LogP contribution in [0.2, 0.25) is 0 Å². The summed E-state index contributed by atoms with van der Waals surface area (Å²) in [6.45, 7) is 5.15. The molecular formula is C21H30N6O. The number of likely N-dealkylation sites (tertiary alicyclic amines) is 2. The molecule has 7 heteroatoms. The third-order valence-corrected chi connectivity index (χ3v) is 6.37. The maximum absolute atomic E-state index is 12.6. The molecule has 2 saturated heterocycles. The Kier molecular flexibility index (Phi) is 6.00. The predicted octanol–water partition coefficient (Wildman–Crippen LogP) is 1.90. The quantitative estimate of drug-likeness (QED) is 0.763. The number of pyridine rings is 1. The Balaban J connectivity index is 1.20. The second-order valence-electron chi connectivity index (χ2n) is 8.22. The number of carbonyl (C=O) groups is 1. The van der Waals surface area contributed by atoms with Gasteiger partial charge in [0, 0.05) is 51.9 Å². The number of amides is 1. The molecule has 1 amide bonds. The van der Waals surface area contributed by atoms with Crippen LogP contribution in [0.4, 0.5) is 0 Å². The van der Waals surface area contributed by atoms with Crippen molar-refractivity contribution < 1.29 is 4.79 Å². The van der Waals surface area contributed by atoms with Gasteiger partial charge in [-0.1, -0.05) is 6.07 Å². The zero-order chi connectivity index (χ0) is 19.3. The predicted molar refractivity (Wildman–Crippen MR) is 106 cm³/mol. The van der Waals surface area contributed by atoms with Gasteiger partial charge in [-0.3, -0.25) is 14.7 Å². The Morgan fingerprint density at radius 2 is 2.00 bits per heavy atom. The van der Waals surface area contributed by atoms with Crippen LogP contribution in [0.25, 0.3) is 0 Å². The maximum Gasteiger partial charge on any atom is 0.223 e. The van der Waals surface area contributed by atoms with Gasteiger partial charge in [-0.2, -0.15) is 0 Å². The van der Waals surface area contributed by atoms with Gasteiger partial charge in [-0.05, 0) is 55.8 Å². The molecule has 2 aromatic heterocycles. The van der Waals surface area contributed by atoms with Crippen LogP contribution in [-0.2, 0) is 24.8 Å². The summed E-state index contributed by atoms with van der Waals surface area (Å²) in [5.74, 6) is 2.56. The molecule has 2 aromatic rings. The second kappa shape index (κ2) is 8.82.